The van der Waals surface area contributed by atoms with Gasteiger partial charge in [-0.25, -0.2) is 9.59 Å². The zero-order valence-electron chi connectivity index (χ0n) is 10.5. The molecule has 1 saturated carbocycles. The van der Waals surface area contributed by atoms with Crippen molar-refractivity contribution in [2.45, 2.75) is 32.7 Å². The van der Waals surface area contributed by atoms with Gasteiger partial charge < -0.3 is 10.0 Å². The molecule has 0 radical (unpaired) electrons. The van der Waals surface area contributed by atoms with Crippen molar-refractivity contribution in [1.82, 2.24) is 10.2 Å². The van der Waals surface area contributed by atoms with E-state index in [9.17, 15) is 14.4 Å². The van der Waals surface area contributed by atoms with Gasteiger partial charge in [0.1, 0.15) is 0 Å². The van der Waals surface area contributed by atoms with Crippen LogP contribution >= 0.6 is 0 Å². The second-order valence-electron chi connectivity index (χ2n) is 4.66. The van der Waals surface area contributed by atoms with Crippen LogP contribution in [0.2, 0.25) is 0 Å². The van der Waals surface area contributed by atoms with Crippen LogP contribution in [-0.4, -0.2) is 40.5 Å². The number of nitrogens with one attached hydrogen (secondary N) is 1. The molecule has 0 aromatic rings. The van der Waals surface area contributed by atoms with Gasteiger partial charge in [0.2, 0.25) is 0 Å². The second-order valence-corrected chi connectivity index (χ2v) is 4.66. The van der Waals surface area contributed by atoms with E-state index in [-0.39, 0.29) is 6.04 Å². The molecule has 1 rings (SSSR count). The van der Waals surface area contributed by atoms with Crippen LogP contribution in [-0.2, 0) is 9.59 Å². The van der Waals surface area contributed by atoms with Gasteiger partial charge in [-0.2, -0.15) is 0 Å². The molecular formula is C12H18N2O4. The summed E-state index contributed by atoms with van der Waals surface area (Å²) in [5.41, 5.74) is 0. The highest BCUT2D eigenvalue weighted by molar-refractivity contribution is 6.02. The van der Waals surface area contributed by atoms with Crippen molar-refractivity contribution in [2.75, 3.05) is 6.54 Å². The Kier molecular flexibility index (Phi) is 4.88. The van der Waals surface area contributed by atoms with Gasteiger partial charge >= 0.3 is 12.0 Å². The van der Waals surface area contributed by atoms with E-state index < -0.39 is 17.9 Å². The van der Waals surface area contributed by atoms with Gasteiger partial charge in [-0.3, -0.25) is 10.1 Å². The molecule has 1 aliphatic rings. The fraction of sp³-hybridized carbons (Fsp3) is 0.583. The highest BCUT2D eigenvalue weighted by Gasteiger charge is 2.28. The fourth-order valence-electron chi connectivity index (χ4n) is 1.47. The number of rotatable bonds is 5. The smallest absolute Gasteiger partial charge is 0.328 e. The maximum atomic E-state index is 11.8. The summed E-state index contributed by atoms with van der Waals surface area (Å²) in [5.74, 6) is -1.41. The monoisotopic (exact) mass is 254 g/mol. The molecule has 6 nitrogen and oxygen atoms in total. The Bertz CT molecular complexity index is 372. The first-order valence-corrected chi connectivity index (χ1v) is 5.92. The van der Waals surface area contributed by atoms with Crippen LogP contribution in [0.3, 0.4) is 0 Å². The summed E-state index contributed by atoms with van der Waals surface area (Å²) < 4.78 is 0. The summed E-state index contributed by atoms with van der Waals surface area (Å²) in [7, 11) is 0. The standard InChI is InChI=1S/C12H18N2O4/c1-8(2)14(7-9-3-4-9)12(18)13-10(15)5-6-11(16)17/h5-6,8-9H,3-4,7H2,1-2H3,(H,16,17)(H,13,15,18)/b6-5+. The lowest BCUT2D eigenvalue weighted by atomic mass is 10.3. The second kappa shape index (κ2) is 6.18. The number of carboxylic acid groups (broad SMARTS) is 1. The predicted molar refractivity (Wildman–Crippen MR) is 64.9 cm³/mol. The van der Waals surface area contributed by atoms with Crippen molar-refractivity contribution in [1.29, 1.82) is 0 Å². The van der Waals surface area contributed by atoms with Gasteiger partial charge in [-0.1, -0.05) is 0 Å². The molecule has 0 heterocycles. The Balaban J connectivity index is 2.49. The normalized spacial score (nSPS) is 14.8. The van der Waals surface area contributed by atoms with E-state index in [1.54, 1.807) is 4.90 Å². The maximum absolute atomic E-state index is 11.8. The Morgan fingerprint density at radius 1 is 1.33 bits per heavy atom. The number of aliphatic carboxylic acids is 1. The first kappa shape index (κ1) is 14.2. The van der Waals surface area contributed by atoms with Crippen LogP contribution in [0.4, 0.5) is 4.79 Å². The molecule has 0 unspecified atom stereocenters. The summed E-state index contributed by atoms with van der Waals surface area (Å²) in [4.78, 5) is 34.9. The molecule has 2 N–H and O–H groups in total. The van der Waals surface area contributed by atoms with E-state index in [0.29, 0.717) is 18.5 Å². The van der Waals surface area contributed by atoms with Gasteiger partial charge in [0.05, 0.1) is 0 Å². The molecule has 0 aromatic heterocycles. The quantitative estimate of drug-likeness (QED) is 0.716. The van der Waals surface area contributed by atoms with E-state index in [4.69, 9.17) is 5.11 Å². The maximum Gasteiger partial charge on any atom is 0.328 e. The van der Waals surface area contributed by atoms with Crippen LogP contribution in [0.5, 0.6) is 0 Å². The molecule has 18 heavy (non-hydrogen) atoms. The lowest BCUT2D eigenvalue weighted by Crippen LogP contribution is -2.46. The Morgan fingerprint density at radius 3 is 2.39 bits per heavy atom. The van der Waals surface area contributed by atoms with Crippen molar-refractivity contribution >= 4 is 17.9 Å². The van der Waals surface area contributed by atoms with Crippen LogP contribution in [0.25, 0.3) is 0 Å². The largest absolute Gasteiger partial charge is 0.478 e. The van der Waals surface area contributed by atoms with Crippen LogP contribution in [0, 0.1) is 5.92 Å². The average molecular weight is 254 g/mol. The van der Waals surface area contributed by atoms with Gasteiger partial charge in [0, 0.05) is 24.7 Å². The highest BCUT2D eigenvalue weighted by Crippen LogP contribution is 2.30. The molecule has 0 spiro atoms. The zero-order chi connectivity index (χ0) is 13.7. The van der Waals surface area contributed by atoms with E-state index >= 15 is 0 Å². The molecule has 3 amide bonds. The van der Waals surface area contributed by atoms with E-state index in [0.717, 1.165) is 18.9 Å². The molecular weight excluding hydrogens is 236 g/mol. The van der Waals surface area contributed by atoms with Gasteiger partial charge in [-0.15, -0.1) is 0 Å². The average Bonchev–Trinajstić information content (AvgIpc) is 3.06. The van der Waals surface area contributed by atoms with Gasteiger partial charge in [-0.05, 0) is 32.6 Å². The first-order chi connectivity index (χ1) is 8.40. The molecule has 1 fully saturated rings. The van der Waals surface area contributed by atoms with Crippen LogP contribution in [0.15, 0.2) is 12.2 Å². The van der Waals surface area contributed by atoms with Gasteiger partial charge in [0.15, 0.2) is 0 Å². The minimum absolute atomic E-state index is 0.00172. The molecule has 100 valence electrons. The topological polar surface area (TPSA) is 86.7 Å². The summed E-state index contributed by atoms with van der Waals surface area (Å²) in [5, 5.41) is 10.5. The van der Waals surface area contributed by atoms with Crippen molar-refractivity contribution in [2.24, 2.45) is 5.92 Å². The molecule has 0 atom stereocenters. The Labute approximate surface area is 106 Å². The fourth-order valence-corrected chi connectivity index (χ4v) is 1.47. The van der Waals surface area contributed by atoms with Crippen molar-refractivity contribution in [3.63, 3.8) is 0 Å². The molecule has 0 aliphatic heterocycles. The number of amides is 3. The molecule has 1 aliphatic carbocycles. The number of imide groups is 1. The van der Waals surface area contributed by atoms with Crippen molar-refractivity contribution in [3.8, 4) is 0 Å². The first-order valence-electron chi connectivity index (χ1n) is 5.92. The summed E-state index contributed by atoms with van der Waals surface area (Å²) >= 11 is 0. The number of carboxylic acids is 1. The molecule has 0 saturated heterocycles. The number of urea groups is 1. The van der Waals surface area contributed by atoms with Crippen molar-refractivity contribution < 1.29 is 19.5 Å². The van der Waals surface area contributed by atoms with Crippen LogP contribution < -0.4 is 5.32 Å². The number of carbonyl (C=O) groups is 3. The molecule has 0 bridgehead atoms. The van der Waals surface area contributed by atoms with E-state index in [1.165, 1.54) is 0 Å². The zero-order valence-corrected chi connectivity index (χ0v) is 10.5. The van der Waals surface area contributed by atoms with Crippen molar-refractivity contribution in [3.05, 3.63) is 12.2 Å². The summed E-state index contributed by atoms with van der Waals surface area (Å²) in [6.45, 7) is 4.39. The Morgan fingerprint density at radius 2 is 1.94 bits per heavy atom. The minimum atomic E-state index is -1.23. The summed E-state index contributed by atoms with van der Waals surface area (Å²) in [6.07, 6.45) is 3.76. The number of nitrogens with zero attached hydrogens (tertiary/aromatic N) is 1. The number of hydrogen-bond acceptors (Lipinski definition) is 3. The Hall–Kier alpha value is -1.85. The van der Waals surface area contributed by atoms with Crippen LogP contribution in [0.1, 0.15) is 26.7 Å². The third-order valence-electron chi connectivity index (χ3n) is 2.64. The third kappa shape index (κ3) is 4.99. The van der Waals surface area contributed by atoms with Gasteiger partial charge in [0.25, 0.3) is 5.91 Å². The molecule has 6 heteroatoms. The lowest BCUT2D eigenvalue weighted by Gasteiger charge is -2.26. The minimum Gasteiger partial charge on any atom is -0.478 e. The number of hydrogen-bond donors (Lipinski definition) is 2. The third-order valence-corrected chi connectivity index (χ3v) is 2.64. The lowest BCUT2D eigenvalue weighted by molar-refractivity contribution is -0.131. The van der Waals surface area contributed by atoms with E-state index in [1.807, 2.05) is 13.8 Å². The number of carbonyl (C=O) groups excluding carboxylic acids is 2. The van der Waals surface area contributed by atoms with E-state index in [2.05, 4.69) is 5.32 Å². The highest BCUT2D eigenvalue weighted by atomic mass is 16.4. The predicted octanol–water partition coefficient (Wildman–Crippen LogP) is 0.984. The SMILES string of the molecule is CC(C)N(CC1CC1)C(=O)NC(=O)/C=C/C(=O)O. The summed E-state index contributed by atoms with van der Waals surface area (Å²) in [6, 6.07) is -0.473. The molecule has 0 aromatic carbocycles.